The molecule has 1 aliphatic carbocycles. The molecule has 3 heteroatoms. The van der Waals surface area contributed by atoms with Crippen molar-refractivity contribution < 1.29 is 4.79 Å². The van der Waals surface area contributed by atoms with Crippen LogP contribution in [0.3, 0.4) is 0 Å². The molecule has 2 rings (SSSR count). The second-order valence-electron chi connectivity index (χ2n) is 6.64. The standard InChI is InChI=1S/C19H26N2O/c1-14-6-5-11-19(2,3)17(14)10-9-15-7-4-8-16(12-15)21-18(22)13-20/h4,7-10,12H,5-6,11,13,20H2,1-3H3,(H,21,22). The Morgan fingerprint density at radius 1 is 1.36 bits per heavy atom. The Morgan fingerprint density at radius 3 is 2.82 bits per heavy atom. The van der Waals surface area contributed by atoms with Crippen LogP contribution in [-0.4, -0.2) is 12.5 Å². The molecule has 0 atom stereocenters. The SMILES string of the molecule is CC1=C(C=Cc2cccc(NC(=O)CN)c2)C(C)(C)CCC1. The van der Waals surface area contributed by atoms with E-state index in [0.717, 1.165) is 11.3 Å². The number of rotatable bonds is 4. The van der Waals surface area contributed by atoms with Crippen LogP contribution in [0, 0.1) is 5.41 Å². The molecule has 1 amide bonds. The number of anilines is 1. The van der Waals surface area contributed by atoms with Crippen molar-refractivity contribution in [2.24, 2.45) is 11.1 Å². The van der Waals surface area contributed by atoms with Crippen LogP contribution < -0.4 is 11.1 Å². The molecule has 0 spiro atoms. The van der Waals surface area contributed by atoms with Gasteiger partial charge in [0.2, 0.25) is 5.91 Å². The lowest BCUT2D eigenvalue weighted by Gasteiger charge is -2.32. The molecule has 0 radical (unpaired) electrons. The molecule has 0 saturated carbocycles. The molecule has 22 heavy (non-hydrogen) atoms. The van der Waals surface area contributed by atoms with Crippen LogP contribution in [0.5, 0.6) is 0 Å². The van der Waals surface area contributed by atoms with Crippen molar-refractivity contribution in [2.45, 2.75) is 40.0 Å². The van der Waals surface area contributed by atoms with E-state index in [-0.39, 0.29) is 17.9 Å². The second-order valence-corrected chi connectivity index (χ2v) is 6.64. The van der Waals surface area contributed by atoms with E-state index < -0.39 is 0 Å². The predicted octanol–water partition coefficient (Wildman–Crippen LogP) is 4.12. The second kappa shape index (κ2) is 6.93. The van der Waals surface area contributed by atoms with Crippen molar-refractivity contribution in [3.8, 4) is 0 Å². The fourth-order valence-electron chi connectivity index (χ4n) is 3.12. The third-order valence-electron chi connectivity index (χ3n) is 4.34. The van der Waals surface area contributed by atoms with Gasteiger partial charge in [0.25, 0.3) is 0 Å². The van der Waals surface area contributed by atoms with E-state index in [0.29, 0.717) is 0 Å². The summed E-state index contributed by atoms with van der Waals surface area (Å²) in [5.41, 5.74) is 10.4. The zero-order chi connectivity index (χ0) is 16.2. The molecule has 0 fully saturated rings. The van der Waals surface area contributed by atoms with E-state index in [4.69, 9.17) is 5.73 Å². The molecule has 3 nitrogen and oxygen atoms in total. The van der Waals surface area contributed by atoms with E-state index in [1.54, 1.807) is 0 Å². The minimum Gasteiger partial charge on any atom is -0.325 e. The number of hydrogen-bond donors (Lipinski definition) is 2. The first-order valence-corrected chi connectivity index (χ1v) is 7.91. The maximum absolute atomic E-state index is 11.4. The van der Waals surface area contributed by atoms with Crippen LogP contribution in [0.1, 0.15) is 45.6 Å². The predicted molar refractivity (Wildman–Crippen MR) is 93.5 cm³/mol. The Morgan fingerprint density at radius 2 is 2.14 bits per heavy atom. The van der Waals surface area contributed by atoms with Crippen molar-refractivity contribution in [1.29, 1.82) is 0 Å². The molecule has 0 unspecified atom stereocenters. The van der Waals surface area contributed by atoms with Gasteiger partial charge in [-0.1, -0.05) is 43.7 Å². The minimum absolute atomic E-state index is 0.000334. The van der Waals surface area contributed by atoms with Crippen LogP contribution in [0.15, 0.2) is 41.5 Å². The lowest BCUT2D eigenvalue weighted by molar-refractivity contribution is -0.114. The highest BCUT2D eigenvalue weighted by Crippen LogP contribution is 2.40. The van der Waals surface area contributed by atoms with Gasteiger partial charge in [0, 0.05) is 5.69 Å². The van der Waals surface area contributed by atoms with E-state index in [9.17, 15) is 4.79 Å². The summed E-state index contributed by atoms with van der Waals surface area (Å²) in [6, 6.07) is 7.83. The van der Waals surface area contributed by atoms with Crippen molar-refractivity contribution >= 4 is 17.7 Å². The highest BCUT2D eigenvalue weighted by atomic mass is 16.1. The highest BCUT2D eigenvalue weighted by molar-refractivity contribution is 5.92. The highest BCUT2D eigenvalue weighted by Gasteiger charge is 2.26. The first kappa shape index (κ1) is 16.5. The number of carbonyl (C=O) groups is 1. The minimum atomic E-state index is -0.173. The van der Waals surface area contributed by atoms with Gasteiger partial charge >= 0.3 is 0 Å². The molecule has 118 valence electrons. The van der Waals surface area contributed by atoms with Gasteiger partial charge in [-0.3, -0.25) is 4.79 Å². The number of hydrogen-bond acceptors (Lipinski definition) is 2. The van der Waals surface area contributed by atoms with Crippen molar-refractivity contribution in [3.63, 3.8) is 0 Å². The first-order valence-electron chi connectivity index (χ1n) is 7.91. The maximum Gasteiger partial charge on any atom is 0.238 e. The smallest absolute Gasteiger partial charge is 0.238 e. The monoisotopic (exact) mass is 298 g/mol. The van der Waals surface area contributed by atoms with Gasteiger partial charge in [-0.15, -0.1) is 0 Å². The summed E-state index contributed by atoms with van der Waals surface area (Å²) >= 11 is 0. The van der Waals surface area contributed by atoms with E-state index >= 15 is 0 Å². The summed E-state index contributed by atoms with van der Waals surface area (Å²) in [6.07, 6.45) is 8.06. The molecular formula is C19H26N2O. The Balaban J connectivity index is 2.19. The molecule has 1 aliphatic rings. The number of allylic oxidation sites excluding steroid dienone is 3. The Kier molecular flexibility index (Phi) is 5.19. The van der Waals surface area contributed by atoms with Crippen LogP contribution >= 0.6 is 0 Å². The van der Waals surface area contributed by atoms with Crippen LogP contribution in [0.25, 0.3) is 6.08 Å². The summed E-state index contributed by atoms with van der Waals surface area (Å²) in [5.74, 6) is -0.173. The van der Waals surface area contributed by atoms with Gasteiger partial charge in [-0.25, -0.2) is 0 Å². The fraction of sp³-hybridized carbons (Fsp3) is 0.421. The number of benzene rings is 1. The Bertz CT molecular complexity index is 612. The largest absolute Gasteiger partial charge is 0.325 e. The van der Waals surface area contributed by atoms with Gasteiger partial charge in [-0.2, -0.15) is 0 Å². The van der Waals surface area contributed by atoms with Crippen LogP contribution in [0.2, 0.25) is 0 Å². The summed E-state index contributed by atoms with van der Waals surface area (Å²) in [7, 11) is 0. The van der Waals surface area contributed by atoms with E-state index in [1.807, 2.05) is 24.3 Å². The zero-order valence-corrected chi connectivity index (χ0v) is 13.8. The van der Waals surface area contributed by atoms with Crippen LogP contribution in [-0.2, 0) is 4.79 Å². The summed E-state index contributed by atoms with van der Waals surface area (Å²) in [4.78, 5) is 11.4. The lowest BCUT2D eigenvalue weighted by Crippen LogP contribution is -2.21. The van der Waals surface area contributed by atoms with Gasteiger partial charge in [0.15, 0.2) is 0 Å². The van der Waals surface area contributed by atoms with Crippen molar-refractivity contribution in [3.05, 3.63) is 47.1 Å². The van der Waals surface area contributed by atoms with Gasteiger partial charge < -0.3 is 11.1 Å². The zero-order valence-electron chi connectivity index (χ0n) is 13.8. The van der Waals surface area contributed by atoms with Crippen molar-refractivity contribution in [2.75, 3.05) is 11.9 Å². The third kappa shape index (κ3) is 4.08. The molecule has 0 aliphatic heterocycles. The summed E-state index contributed by atoms with van der Waals surface area (Å²) < 4.78 is 0. The van der Waals surface area contributed by atoms with Gasteiger partial charge in [-0.05, 0) is 54.9 Å². The Hall–Kier alpha value is -1.87. The molecule has 0 bridgehead atoms. The van der Waals surface area contributed by atoms with Crippen LogP contribution in [0.4, 0.5) is 5.69 Å². The normalized spacial score (nSPS) is 17.8. The first-order chi connectivity index (χ1) is 10.4. The molecular weight excluding hydrogens is 272 g/mol. The quantitative estimate of drug-likeness (QED) is 0.878. The molecule has 0 heterocycles. The molecule has 0 aromatic heterocycles. The molecule has 1 aromatic rings. The van der Waals surface area contributed by atoms with E-state index in [1.165, 1.54) is 30.4 Å². The summed E-state index contributed by atoms with van der Waals surface area (Å²) in [6.45, 7) is 6.86. The number of carbonyl (C=O) groups excluding carboxylic acids is 1. The molecule has 0 saturated heterocycles. The van der Waals surface area contributed by atoms with E-state index in [2.05, 4.69) is 38.2 Å². The van der Waals surface area contributed by atoms with Crippen molar-refractivity contribution in [1.82, 2.24) is 0 Å². The lowest BCUT2D eigenvalue weighted by atomic mass is 9.72. The summed E-state index contributed by atoms with van der Waals surface area (Å²) in [5, 5.41) is 2.79. The third-order valence-corrected chi connectivity index (χ3v) is 4.34. The maximum atomic E-state index is 11.4. The number of nitrogens with one attached hydrogen (secondary N) is 1. The Labute approximate surface area is 133 Å². The topological polar surface area (TPSA) is 55.1 Å². The van der Waals surface area contributed by atoms with Gasteiger partial charge in [0.1, 0.15) is 0 Å². The fourth-order valence-corrected chi connectivity index (χ4v) is 3.12. The number of nitrogens with two attached hydrogens (primary N) is 1. The number of amides is 1. The average Bonchev–Trinajstić information content (AvgIpc) is 2.46. The molecule has 3 N–H and O–H groups in total. The van der Waals surface area contributed by atoms with Gasteiger partial charge in [0.05, 0.1) is 6.54 Å². The average molecular weight is 298 g/mol. The molecule has 1 aromatic carbocycles.